The van der Waals surface area contributed by atoms with Gasteiger partial charge in [0.1, 0.15) is 16.1 Å². The number of esters is 1. The molecule has 0 aliphatic heterocycles. The third kappa shape index (κ3) is 3.72. The molecule has 0 saturated carbocycles. The molecule has 0 atom stereocenters. The Balaban J connectivity index is 1.42. The lowest BCUT2D eigenvalue weighted by atomic mass is 10.1. The van der Waals surface area contributed by atoms with Crippen LogP contribution >= 0.6 is 11.3 Å². The maximum Gasteiger partial charge on any atom is 0.338 e. The van der Waals surface area contributed by atoms with E-state index in [9.17, 15) is 9.59 Å². The topological polar surface area (TPSA) is 86.7 Å². The SMILES string of the molecule is CCOC(=O)c1ccc(-c2ccc(/C=c3\sc4nc(-c5ccccc5)nn4c3=O)o2)cc1. The number of thiazole rings is 1. The van der Waals surface area contributed by atoms with Crippen LogP contribution in [-0.2, 0) is 4.74 Å². The summed E-state index contributed by atoms with van der Waals surface area (Å²) >= 11 is 1.26. The molecule has 3 heterocycles. The molecule has 0 radical (unpaired) electrons. The second-order valence-corrected chi connectivity index (χ2v) is 7.92. The molecule has 0 N–H and O–H groups in total. The Kier molecular flexibility index (Phi) is 5.12. The Bertz CT molecular complexity index is 1520. The van der Waals surface area contributed by atoms with Gasteiger partial charge in [-0.25, -0.2) is 4.79 Å². The lowest BCUT2D eigenvalue weighted by Gasteiger charge is -2.02. The molecule has 2 aromatic carbocycles. The first kappa shape index (κ1) is 19.9. The van der Waals surface area contributed by atoms with E-state index in [1.165, 1.54) is 15.9 Å². The Morgan fingerprint density at radius 2 is 1.84 bits per heavy atom. The van der Waals surface area contributed by atoms with E-state index in [1.54, 1.807) is 43.3 Å². The van der Waals surface area contributed by atoms with Gasteiger partial charge in [0, 0.05) is 17.2 Å². The quantitative estimate of drug-likeness (QED) is 0.384. The summed E-state index contributed by atoms with van der Waals surface area (Å²) < 4.78 is 12.7. The molecule has 0 spiro atoms. The van der Waals surface area contributed by atoms with Crippen molar-refractivity contribution >= 4 is 28.3 Å². The molecule has 7 nitrogen and oxygen atoms in total. The molecule has 158 valence electrons. The summed E-state index contributed by atoms with van der Waals surface area (Å²) in [4.78, 5) is 29.6. The first-order chi connectivity index (χ1) is 15.6. The van der Waals surface area contributed by atoms with E-state index in [1.807, 2.05) is 36.4 Å². The fourth-order valence-electron chi connectivity index (χ4n) is 3.24. The minimum Gasteiger partial charge on any atom is -0.462 e. The highest BCUT2D eigenvalue weighted by Crippen LogP contribution is 2.23. The van der Waals surface area contributed by atoms with Crippen molar-refractivity contribution in [3.05, 3.63) is 92.9 Å². The van der Waals surface area contributed by atoms with Crippen LogP contribution in [0.5, 0.6) is 0 Å². The smallest absolute Gasteiger partial charge is 0.338 e. The van der Waals surface area contributed by atoms with Crippen LogP contribution in [0.2, 0.25) is 0 Å². The summed E-state index contributed by atoms with van der Waals surface area (Å²) in [6.45, 7) is 2.10. The van der Waals surface area contributed by atoms with Gasteiger partial charge in [-0.15, -0.1) is 5.10 Å². The molecule has 8 heteroatoms. The number of fused-ring (bicyclic) bond motifs is 1. The molecule has 5 aromatic rings. The molecule has 0 aliphatic rings. The Morgan fingerprint density at radius 1 is 1.06 bits per heavy atom. The number of nitrogens with zero attached hydrogens (tertiary/aromatic N) is 3. The van der Waals surface area contributed by atoms with Crippen LogP contribution in [0, 0.1) is 0 Å². The Hall–Kier alpha value is -4.04. The average Bonchev–Trinajstić information content (AvgIpc) is 3.52. The van der Waals surface area contributed by atoms with Crippen molar-refractivity contribution in [1.82, 2.24) is 14.6 Å². The summed E-state index contributed by atoms with van der Waals surface area (Å²) in [6, 6.07) is 20.1. The van der Waals surface area contributed by atoms with Crippen LogP contribution in [-0.4, -0.2) is 27.2 Å². The second-order valence-electron chi connectivity index (χ2n) is 6.91. The second kappa shape index (κ2) is 8.24. The van der Waals surface area contributed by atoms with E-state index in [-0.39, 0.29) is 11.5 Å². The largest absolute Gasteiger partial charge is 0.462 e. The lowest BCUT2D eigenvalue weighted by molar-refractivity contribution is 0.0526. The molecule has 3 aromatic heterocycles. The van der Waals surface area contributed by atoms with E-state index in [2.05, 4.69) is 10.1 Å². The Labute approximate surface area is 186 Å². The number of carbonyl (C=O) groups excluding carboxylic acids is 1. The zero-order chi connectivity index (χ0) is 22.1. The summed E-state index contributed by atoms with van der Waals surface area (Å²) in [6.07, 6.45) is 1.68. The maximum absolute atomic E-state index is 12.8. The summed E-state index contributed by atoms with van der Waals surface area (Å²) in [5, 5.41) is 4.35. The molecular weight excluding hydrogens is 426 g/mol. The normalized spacial score (nSPS) is 11.8. The third-order valence-electron chi connectivity index (χ3n) is 4.79. The molecule has 0 bridgehead atoms. The van der Waals surface area contributed by atoms with Crippen LogP contribution < -0.4 is 10.1 Å². The first-order valence-corrected chi connectivity index (χ1v) is 10.8. The van der Waals surface area contributed by atoms with Crippen molar-refractivity contribution < 1.29 is 13.9 Å². The van der Waals surface area contributed by atoms with Gasteiger partial charge in [0.15, 0.2) is 5.82 Å². The van der Waals surface area contributed by atoms with Gasteiger partial charge in [-0.3, -0.25) is 4.79 Å². The van der Waals surface area contributed by atoms with Crippen molar-refractivity contribution in [2.45, 2.75) is 6.92 Å². The van der Waals surface area contributed by atoms with E-state index in [0.29, 0.717) is 39.0 Å². The van der Waals surface area contributed by atoms with Crippen LogP contribution in [0.15, 0.2) is 75.9 Å². The minimum atomic E-state index is -0.359. The number of hydrogen-bond acceptors (Lipinski definition) is 7. The van der Waals surface area contributed by atoms with Gasteiger partial charge in [-0.2, -0.15) is 9.50 Å². The van der Waals surface area contributed by atoms with Crippen molar-refractivity contribution in [3.63, 3.8) is 0 Å². The van der Waals surface area contributed by atoms with E-state index < -0.39 is 0 Å². The molecular formula is C24H17N3O4S. The molecule has 0 amide bonds. The van der Waals surface area contributed by atoms with Crippen LogP contribution in [0.4, 0.5) is 0 Å². The van der Waals surface area contributed by atoms with E-state index >= 15 is 0 Å². The Morgan fingerprint density at radius 3 is 2.56 bits per heavy atom. The van der Waals surface area contributed by atoms with Gasteiger partial charge in [0.25, 0.3) is 5.56 Å². The van der Waals surface area contributed by atoms with Gasteiger partial charge < -0.3 is 9.15 Å². The highest BCUT2D eigenvalue weighted by Gasteiger charge is 2.13. The number of rotatable bonds is 5. The standard InChI is InChI=1S/C24H17N3O4S/c1-2-30-23(29)17-10-8-15(9-11-17)19-13-12-18(31-19)14-20-22(28)27-24(32-20)25-21(26-27)16-6-4-3-5-7-16/h3-14H,2H2,1H3/b20-14-. The average molecular weight is 443 g/mol. The van der Waals surface area contributed by atoms with Crippen molar-refractivity contribution in [2.24, 2.45) is 0 Å². The highest BCUT2D eigenvalue weighted by atomic mass is 32.1. The van der Waals surface area contributed by atoms with Crippen molar-refractivity contribution in [2.75, 3.05) is 6.61 Å². The van der Waals surface area contributed by atoms with E-state index in [4.69, 9.17) is 9.15 Å². The number of benzene rings is 2. The molecule has 0 aliphatic carbocycles. The number of furan rings is 1. The van der Waals surface area contributed by atoms with Crippen LogP contribution in [0.1, 0.15) is 23.0 Å². The van der Waals surface area contributed by atoms with Gasteiger partial charge in [-0.05, 0) is 31.2 Å². The van der Waals surface area contributed by atoms with Crippen LogP contribution in [0.25, 0.3) is 33.7 Å². The molecule has 32 heavy (non-hydrogen) atoms. The number of hydrogen-bond donors (Lipinski definition) is 0. The fraction of sp³-hybridized carbons (Fsp3) is 0.0833. The summed E-state index contributed by atoms with van der Waals surface area (Å²) in [5.74, 6) is 1.33. The zero-order valence-electron chi connectivity index (χ0n) is 17.0. The van der Waals surface area contributed by atoms with Gasteiger partial charge in [0.05, 0.1) is 12.2 Å². The van der Waals surface area contributed by atoms with Gasteiger partial charge in [-0.1, -0.05) is 53.8 Å². The third-order valence-corrected chi connectivity index (χ3v) is 5.75. The lowest BCUT2D eigenvalue weighted by Crippen LogP contribution is -2.23. The highest BCUT2D eigenvalue weighted by molar-refractivity contribution is 7.15. The zero-order valence-corrected chi connectivity index (χ0v) is 17.8. The van der Waals surface area contributed by atoms with E-state index in [0.717, 1.165) is 11.1 Å². The molecule has 0 unspecified atom stereocenters. The monoisotopic (exact) mass is 443 g/mol. The van der Waals surface area contributed by atoms with Gasteiger partial charge >= 0.3 is 5.97 Å². The van der Waals surface area contributed by atoms with Gasteiger partial charge in [0.2, 0.25) is 4.96 Å². The predicted octanol–water partition coefficient (Wildman–Crippen LogP) is 3.80. The minimum absolute atomic E-state index is 0.239. The first-order valence-electron chi connectivity index (χ1n) is 9.96. The molecule has 0 saturated heterocycles. The van der Waals surface area contributed by atoms with Crippen molar-refractivity contribution in [3.8, 4) is 22.7 Å². The van der Waals surface area contributed by atoms with Crippen LogP contribution in [0.3, 0.4) is 0 Å². The summed E-state index contributed by atoms with van der Waals surface area (Å²) in [7, 11) is 0. The molecule has 5 rings (SSSR count). The molecule has 0 fully saturated rings. The summed E-state index contributed by atoms with van der Waals surface area (Å²) in [5.41, 5.74) is 1.92. The number of aromatic nitrogens is 3. The number of carbonyl (C=O) groups is 1. The maximum atomic E-state index is 12.8. The predicted molar refractivity (Wildman–Crippen MR) is 121 cm³/mol. The van der Waals surface area contributed by atoms with Crippen molar-refractivity contribution in [1.29, 1.82) is 0 Å². The number of ether oxygens (including phenoxy) is 1. The fourth-order valence-corrected chi connectivity index (χ4v) is 4.13.